The molecule has 0 heterocycles. The second-order valence-electron chi connectivity index (χ2n) is 5.21. The molecule has 0 atom stereocenters. The van der Waals surface area contributed by atoms with Gasteiger partial charge in [-0.15, -0.1) is 0 Å². The standard InChI is InChI=1S/C16H15BrClNO4S/c1-10(2)23-16(20)11-3-6-13(7-4-11)19-24(21,22)15-8-5-12(17)9-14(15)18/h3-10,19H,1-2H3. The smallest absolute Gasteiger partial charge is 0.338 e. The van der Waals surface area contributed by atoms with Crippen LogP contribution in [0.3, 0.4) is 0 Å². The van der Waals surface area contributed by atoms with Gasteiger partial charge in [-0.2, -0.15) is 0 Å². The van der Waals surface area contributed by atoms with Crippen LogP contribution < -0.4 is 4.72 Å². The van der Waals surface area contributed by atoms with Crippen LogP contribution in [0.25, 0.3) is 0 Å². The van der Waals surface area contributed by atoms with E-state index in [1.54, 1.807) is 19.9 Å². The van der Waals surface area contributed by atoms with Gasteiger partial charge in [-0.05, 0) is 56.3 Å². The average Bonchev–Trinajstić information content (AvgIpc) is 2.46. The van der Waals surface area contributed by atoms with Gasteiger partial charge >= 0.3 is 5.97 Å². The lowest BCUT2D eigenvalue weighted by molar-refractivity contribution is 0.0378. The number of sulfonamides is 1. The normalized spacial score (nSPS) is 11.4. The SMILES string of the molecule is CC(C)OC(=O)c1ccc(NS(=O)(=O)c2ccc(Br)cc2Cl)cc1. The van der Waals surface area contributed by atoms with Crippen molar-refractivity contribution in [2.75, 3.05) is 4.72 Å². The minimum absolute atomic E-state index is 0.0318. The van der Waals surface area contributed by atoms with Gasteiger partial charge in [-0.25, -0.2) is 13.2 Å². The number of ether oxygens (including phenoxy) is 1. The predicted octanol–water partition coefficient (Wildman–Crippen LogP) is 4.47. The zero-order valence-electron chi connectivity index (χ0n) is 12.9. The molecule has 0 aromatic heterocycles. The molecule has 8 heteroatoms. The first-order valence-corrected chi connectivity index (χ1v) is 9.63. The number of rotatable bonds is 5. The zero-order valence-corrected chi connectivity index (χ0v) is 16.1. The minimum atomic E-state index is -3.83. The van der Waals surface area contributed by atoms with E-state index in [2.05, 4.69) is 20.7 Å². The Bertz CT molecular complexity index is 851. The summed E-state index contributed by atoms with van der Waals surface area (Å²) >= 11 is 9.21. The van der Waals surface area contributed by atoms with E-state index in [0.29, 0.717) is 15.7 Å². The molecule has 0 spiro atoms. The monoisotopic (exact) mass is 431 g/mol. The lowest BCUT2D eigenvalue weighted by atomic mass is 10.2. The summed E-state index contributed by atoms with van der Waals surface area (Å²) in [5.74, 6) is -0.463. The average molecular weight is 433 g/mol. The molecule has 0 aliphatic rings. The van der Waals surface area contributed by atoms with E-state index in [1.807, 2.05) is 0 Å². The van der Waals surface area contributed by atoms with Crippen LogP contribution in [-0.4, -0.2) is 20.5 Å². The van der Waals surface area contributed by atoms with Crippen LogP contribution in [0.15, 0.2) is 51.8 Å². The fourth-order valence-electron chi connectivity index (χ4n) is 1.86. The summed E-state index contributed by atoms with van der Waals surface area (Å²) in [5.41, 5.74) is 0.656. The molecule has 2 rings (SSSR count). The van der Waals surface area contributed by atoms with Crippen LogP contribution in [0.2, 0.25) is 5.02 Å². The summed E-state index contributed by atoms with van der Waals surface area (Å²) in [6.45, 7) is 3.50. The van der Waals surface area contributed by atoms with Crippen molar-refractivity contribution < 1.29 is 17.9 Å². The second kappa shape index (κ2) is 7.55. The van der Waals surface area contributed by atoms with Crippen molar-refractivity contribution in [3.63, 3.8) is 0 Å². The molecule has 2 aromatic rings. The van der Waals surface area contributed by atoms with E-state index in [-0.39, 0.29) is 16.0 Å². The molecular weight excluding hydrogens is 418 g/mol. The summed E-state index contributed by atoms with van der Waals surface area (Å²) in [4.78, 5) is 11.7. The Morgan fingerprint density at radius 3 is 2.33 bits per heavy atom. The topological polar surface area (TPSA) is 72.5 Å². The summed E-state index contributed by atoms with van der Waals surface area (Å²) in [5, 5.41) is 0.106. The van der Waals surface area contributed by atoms with Gasteiger partial charge in [-0.3, -0.25) is 4.72 Å². The minimum Gasteiger partial charge on any atom is -0.459 e. The molecule has 5 nitrogen and oxygen atoms in total. The molecule has 24 heavy (non-hydrogen) atoms. The van der Waals surface area contributed by atoms with Gasteiger partial charge in [0.25, 0.3) is 10.0 Å². The van der Waals surface area contributed by atoms with Gasteiger partial charge in [0.1, 0.15) is 4.90 Å². The van der Waals surface area contributed by atoms with E-state index in [0.717, 1.165) is 0 Å². The number of halogens is 2. The van der Waals surface area contributed by atoms with Crippen LogP contribution in [-0.2, 0) is 14.8 Å². The van der Waals surface area contributed by atoms with Gasteiger partial charge in [0, 0.05) is 10.2 Å². The number of hydrogen-bond acceptors (Lipinski definition) is 4. The summed E-state index contributed by atoms with van der Waals surface area (Å²) in [7, 11) is -3.83. The quantitative estimate of drug-likeness (QED) is 0.708. The third kappa shape index (κ3) is 4.72. The molecule has 0 unspecified atom stereocenters. The lowest BCUT2D eigenvalue weighted by Gasteiger charge is -2.11. The Hall–Kier alpha value is -1.57. The van der Waals surface area contributed by atoms with Crippen molar-refractivity contribution in [2.24, 2.45) is 0 Å². The Morgan fingerprint density at radius 1 is 1.17 bits per heavy atom. The predicted molar refractivity (Wildman–Crippen MR) is 97.0 cm³/mol. The van der Waals surface area contributed by atoms with E-state index in [1.165, 1.54) is 36.4 Å². The first-order valence-electron chi connectivity index (χ1n) is 6.98. The van der Waals surface area contributed by atoms with Crippen LogP contribution in [0, 0.1) is 0 Å². The molecule has 128 valence electrons. The maximum absolute atomic E-state index is 12.4. The highest BCUT2D eigenvalue weighted by atomic mass is 79.9. The summed E-state index contributed by atoms with van der Waals surface area (Å²) < 4.78 is 33.0. The molecule has 0 saturated heterocycles. The highest BCUT2D eigenvalue weighted by Gasteiger charge is 2.18. The van der Waals surface area contributed by atoms with E-state index in [4.69, 9.17) is 16.3 Å². The maximum atomic E-state index is 12.4. The van der Waals surface area contributed by atoms with Crippen molar-refractivity contribution in [2.45, 2.75) is 24.8 Å². The third-order valence-corrected chi connectivity index (χ3v) is 5.26. The number of esters is 1. The van der Waals surface area contributed by atoms with Crippen molar-refractivity contribution in [3.8, 4) is 0 Å². The highest BCUT2D eigenvalue weighted by molar-refractivity contribution is 9.10. The zero-order chi connectivity index (χ0) is 17.9. The van der Waals surface area contributed by atoms with E-state index < -0.39 is 16.0 Å². The van der Waals surface area contributed by atoms with Crippen molar-refractivity contribution in [3.05, 3.63) is 57.5 Å². The maximum Gasteiger partial charge on any atom is 0.338 e. The summed E-state index contributed by atoms with van der Waals surface area (Å²) in [6.07, 6.45) is -0.227. The van der Waals surface area contributed by atoms with Crippen LogP contribution in [0.1, 0.15) is 24.2 Å². The number of benzene rings is 2. The molecule has 0 saturated carbocycles. The molecule has 0 radical (unpaired) electrons. The molecule has 0 aliphatic carbocycles. The van der Waals surface area contributed by atoms with Gasteiger partial charge in [0.05, 0.1) is 16.7 Å². The fraction of sp³-hybridized carbons (Fsp3) is 0.188. The number of hydrogen-bond donors (Lipinski definition) is 1. The van der Waals surface area contributed by atoms with Crippen molar-refractivity contribution in [1.82, 2.24) is 0 Å². The van der Waals surface area contributed by atoms with Gasteiger partial charge < -0.3 is 4.74 Å². The molecule has 0 bridgehead atoms. The first-order chi connectivity index (χ1) is 11.2. The second-order valence-corrected chi connectivity index (χ2v) is 8.19. The number of anilines is 1. The Morgan fingerprint density at radius 2 is 1.79 bits per heavy atom. The van der Waals surface area contributed by atoms with Crippen LogP contribution in [0.4, 0.5) is 5.69 Å². The van der Waals surface area contributed by atoms with E-state index in [9.17, 15) is 13.2 Å². The fourth-order valence-corrected chi connectivity index (χ4v) is 3.96. The molecular formula is C16H15BrClNO4S. The Balaban J connectivity index is 2.20. The number of carbonyl (C=O) groups excluding carboxylic acids is 1. The van der Waals surface area contributed by atoms with Gasteiger partial charge in [-0.1, -0.05) is 27.5 Å². The molecule has 0 fully saturated rings. The highest BCUT2D eigenvalue weighted by Crippen LogP contribution is 2.27. The first kappa shape index (κ1) is 18.8. The summed E-state index contributed by atoms with van der Waals surface area (Å²) in [6, 6.07) is 10.5. The number of nitrogens with one attached hydrogen (secondary N) is 1. The number of carbonyl (C=O) groups is 1. The lowest BCUT2D eigenvalue weighted by Crippen LogP contribution is -2.14. The Labute approximate surface area is 154 Å². The van der Waals surface area contributed by atoms with Gasteiger partial charge in [0.15, 0.2) is 0 Å². The van der Waals surface area contributed by atoms with Crippen LogP contribution >= 0.6 is 27.5 Å². The molecule has 0 amide bonds. The van der Waals surface area contributed by atoms with Crippen LogP contribution in [0.5, 0.6) is 0 Å². The molecule has 2 aromatic carbocycles. The third-order valence-electron chi connectivity index (χ3n) is 2.90. The van der Waals surface area contributed by atoms with Gasteiger partial charge in [0.2, 0.25) is 0 Å². The van der Waals surface area contributed by atoms with E-state index >= 15 is 0 Å². The molecule has 0 aliphatic heterocycles. The van der Waals surface area contributed by atoms with Crippen molar-refractivity contribution in [1.29, 1.82) is 0 Å². The largest absolute Gasteiger partial charge is 0.459 e. The Kier molecular flexibility index (Phi) is 5.90. The van der Waals surface area contributed by atoms with Crippen molar-refractivity contribution >= 4 is 49.2 Å². The molecule has 1 N–H and O–H groups in total.